The van der Waals surface area contributed by atoms with E-state index in [1.54, 1.807) is 13.0 Å². The van der Waals surface area contributed by atoms with E-state index in [0.717, 1.165) is 31.2 Å². The molecule has 0 saturated heterocycles. The predicted molar refractivity (Wildman–Crippen MR) is 74.9 cm³/mol. The van der Waals surface area contributed by atoms with Gasteiger partial charge in [-0.15, -0.1) is 0 Å². The molecule has 1 aromatic carbocycles. The van der Waals surface area contributed by atoms with Gasteiger partial charge in [-0.1, -0.05) is 32.6 Å². The summed E-state index contributed by atoms with van der Waals surface area (Å²) in [4.78, 5) is 11.2. The van der Waals surface area contributed by atoms with E-state index in [4.69, 9.17) is 0 Å². The highest BCUT2D eigenvalue weighted by atomic mass is 19.1. The third-order valence-corrected chi connectivity index (χ3v) is 3.03. The van der Waals surface area contributed by atoms with Gasteiger partial charge in [-0.05, 0) is 37.1 Å². The van der Waals surface area contributed by atoms with E-state index in [2.05, 4.69) is 12.2 Å². The number of nitrogens with one attached hydrogen (secondary N) is 1. The molecular weight excluding hydrogens is 245 g/mol. The molecule has 1 atom stereocenters. The van der Waals surface area contributed by atoms with Gasteiger partial charge in [0.15, 0.2) is 0 Å². The molecule has 0 bridgehead atoms. The molecule has 0 aromatic heterocycles. The maximum absolute atomic E-state index is 13.2. The molecule has 2 N–H and O–H groups in total. The largest absolute Gasteiger partial charge is 0.480 e. The van der Waals surface area contributed by atoms with Crippen LogP contribution in [-0.2, 0) is 4.79 Å². The van der Waals surface area contributed by atoms with Crippen LogP contribution in [-0.4, -0.2) is 17.1 Å². The SMILES string of the molecule is CCCCCCC(Nc1cc(C)cc(F)c1)C(=O)O. The summed E-state index contributed by atoms with van der Waals surface area (Å²) in [6, 6.07) is 3.85. The van der Waals surface area contributed by atoms with Crippen LogP contribution in [0.3, 0.4) is 0 Å². The molecular formula is C15H22FNO2. The zero-order valence-corrected chi connectivity index (χ0v) is 11.6. The van der Waals surface area contributed by atoms with Crippen molar-refractivity contribution in [3.63, 3.8) is 0 Å². The van der Waals surface area contributed by atoms with Crippen molar-refractivity contribution in [1.29, 1.82) is 0 Å². The number of benzene rings is 1. The molecule has 0 aliphatic rings. The number of rotatable bonds is 8. The lowest BCUT2D eigenvalue weighted by atomic mass is 10.1. The Bertz CT molecular complexity index is 400. The zero-order chi connectivity index (χ0) is 14.3. The Morgan fingerprint density at radius 1 is 1.32 bits per heavy atom. The van der Waals surface area contributed by atoms with E-state index >= 15 is 0 Å². The minimum Gasteiger partial charge on any atom is -0.480 e. The molecule has 0 amide bonds. The van der Waals surface area contributed by atoms with E-state index < -0.39 is 12.0 Å². The lowest BCUT2D eigenvalue weighted by Crippen LogP contribution is -2.29. The molecule has 4 heteroatoms. The third-order valence-electron chi connectivity index (χ3n) is 3.03. The fourth-order valence-corrected chi connectivity index (χ4v) is 2.05. The van der Waals surface area contributed by atoms with Gasteiger partial charge in [-0.25, -0.2) is 9.18 Å². The summed E-state index contributed by atoms with van der Waals surface area (Å²) in [6.07, 6.45) is 4.70. The predicted octanol–water partition coefficient (Wildman–Crippen LogP) is 3.97. The van der Waals surface area contributed by atoms with Gasteiger partial charge in [0, 0.05) is 5.69 Å². The monoisotopic (exact) mass is 267 g/mol. The maximum atomic E-state index is 13.2. The first kappa shape index (κ1) is 15.5. The molecule has 0 spiro atoms. The van der Waals surface area contributed by atoms with Crippen LogP contribution in [0, 0.1) is 12.7 Å². The third kappa shape index (κ3) is 5.73. The van der Waals surface area contributed by atoms with E-state index in [1.807, 2.05) is 0 Å². The molecule has 0 heterocycles. The number of hydrogen-bond acceptors (Lipinski definition) is 2. The fourth-order valence-electron chi connectivity index (χ4n) is 2.05. The van der Waals surface area contributed by atoms with Gasteiger partial charge >= 0.3 is 5.97 Å². The van der Waals surface area contributed by atoms with Crippen LogP contribution < -0.4 is 5.32 Å². The smallest absolute Gasteiger partial charge is 0.326 e. The summed E-state index contributed by atoms with van der Waals surface area (Å²) < 4.78 is 13.2. The number of halogens is 1. The van der Waals surface area contributed by atoms with Crippen molar-refractivity contribution in [1.82, 2.24) is 0 Å². The van der Waals surface area contributed by atoms with Crippen LogP contribution in [0.4, 0.5) is 10.1 Å². The molecule has 19 heavy (non-hydrogen) atoms. The number of anilines is 1. The van der Waals surface area contributed by atoms with Gasteiger partial charge in [-0.2, -0.15) is 0 Å². The van der Waals surface area contributed by atoms with E-state index in [1.165, 1.54) is 12.1 Å². The molecule has 1 aromatic rings. The number of unbranched alkanes of at least 4 members (excludes halogenated alkanes) is 3. The molecule has 1 rings (SSSR count). The van der Waals surface area contributed by atoms with Gasteiger partial charge < -0.3 is 10.4 Å². The second kappa shape index (κ2) is 7.77. The fraction of sp³-hybridized carbons (Fsp3) is 0.533. The normalized spacial score (nSPS) is 12.2. The second-order valence-electron chi connectivity index (χ2n) is 4.90. The van der Waals surface area contributed by atoms with Crippen molar-refractivity contribution in [3.05, 3.63) is 29.6 Å². The van der Waals surface area contributed by atoms with Crippen molar-refractivity contribution in [2.24, 2.45) is 0 Å². The number of carboxylic acid groups (broad SMARTS) is 1. The number of carboxylic acids is 1. The van der Waals surface area contributed by atoms with Crippen LogP contribution in [0.15, 0.2) is 18.2 Å². The van der Waals surface area contributed by atoms with Crippen LogP contribution >= 0.6 is 0 Å². The van der Waals surface area contributed by atoms with Crippen LogP contribution in [0.5, 0.6) is 0 Å². The van der Waals surface area contributed by atoms with Crippen LogP contribution in [0.2, 0.25) is 0 Å². The number of carbonyl (C=O) groups is 1. The van der Waals surface area contributed by atoms with E-state index in [9.17, 15) is 14.3 Å². The summed E-state index contributed by atoms with van der Waals surface area (Å²) in [5.74, 6) is -1.24. The van der Waals surface area contributed by atoms with E-state index in [-0.39, 0.29) is 5.82 Å². The maximum Gasteiger partial charge on any atom is 0.326 e. The van der Waals surface area contributed by atoms with Gasteiger partial charge in [0.25, 0.3) is 0 Å². The Morgan fingerprint density at radius 3 is 2.63 bits per heavy atom. The van der Waals surface area contributed by atoms with Crippen molar-refractivity contribution in [3.8, 4) is 0 Å². The summed E-state index contributed by atoms with van der Waals surface area (Å²) in [5.41, 5.74) is 1.30. The quantitative estimate of drug-likeness (QED) is 0.701. The Hall–Kier alpha value is -1.58. The van der Waals surface area contributed by atoms with Crippen LogP contribution in [0.1, 0.15) is 44.6 Å². The molecule has 0 radical (unpaired) electrons. The van der Waals surface area contributed by atoms with Gasteiger partial charge in [0.05, 0.1) is 0 Å². The van der Waals surface area contributed by atoms with Crippen molar-refractivity contribution in [2.45, 2.75) is 52.0 Å². The van der Waals surface area contributed by atoms with Crippen LogP contribution in [0.25, 0.3) is 0 Å². The summed E-state index contributed by atoms with van der Waals surface area (Å²) in [6.45, 7) is 3.90. The lowest BCUT2D eigenvalue weighted by molar-refractivity contribution is -0.138. The first-order chi connectivity index (χ1) is 9.02. The molecule has 0 fully saturated rings. The highest BCUT2D eigenvalue weighted by Crippen LogP contribution is 2.16. The number of aliphatic carboxylic acids is 1. The Morgan fingerprint density at radius 2 is 2.05 bits per heavy atom. The van der Waals surface area contributed by atoms with Gasteiger partial charge in [0.1, 0.15) is 11.9 Å². The van der Waals surface area contributed by atoms with Gasteiger partial charge in [-0.3, -0.25) is 0 Å². The minimum absolute atomic E-state index is 0.349. The average Bonchev–Trinajstić information content (AvgIpc) is 2.31. The topological polar surface area (TPSA) is 49.3 Å². The first-order valence-electron chi connectivity index (χ1n) is 6.79. The molecule has 0 aliphatic heterocycles. The van der Waals surface area contributed by atoms with Crippen molar-refractivity contribution >= 4 is 11.7 Å². The number of hydrogen-bond donors (Lipinski definition) is 2. The van der Waals surface area contributed by atoms with Gasteiger partial charge in [0.2, 0.25) is 0 Å². The highest BCUT2D eigenvalue weighted by Gasteiger charge is 2.16. The minimum atomic E-state index is -0.890. The molecule has 106 valence electrons. The Balaban J connectivity index is 2.59. The van der Waals surface area contributed by atoms with E-state index in [0.29, 0.717) is 12.1 Å². The van der Waals surface area contributed by atoms with Crippen molar-refractivity contribution in [2.75, 3.05) is 5.32 Å². The standard InChI is InChI=1S/C15H22FNO2/c1-3-4-5-6-7-14(15(18)19)17-13-9-11(2)8-12(16)10-13/h8-10,14,17H,3-7H2,1-2H3,(H,18,19). The highest BCUT2D eigenvalue weighted by molar-refractivity contribution is 5.77. The summed E-state index contributed by atoms with van der Waals surface area (Å²) in [5, 5.41) is 12.1. The molecule has 1 unspecified atom stereocenters. The Labute approximate surface area is 113 Å². The Kier molecular flexibility index (Phi) is 6.33. The average molecular weight is 267 g/mol. The first-order valence-corrected chi connectivity index (χ1v) is 6.79. The number of aryl methyl sites for hydroxylation is 1. The molecule has 0 aliphatic carbocycles. The molecule has 3 nitrogen and oxygen atoms in total. The summed E-state index contributed by atoms with van der Waals surface area (Å²) in [7, 11) is 0. The van der Waals surface area contributed by atoms with Crippen molar-refractivity contribution < 1.29 is 14.3 Å². The second-order valence-corrected chi connectivity index (χ2v) is 4.90. The molecule has 0 saturated carbocycles. The lowest BCUT2D eigenvalue weighted by Gasteiger charge is -2.16. The summed E-state index contributed by atoms with van der Waals surface area (Å²) >= 11 is 0. The zero-order valence-electron chi connectivity index (χ0n) is 11.6.